The van der Waals surface area contributed by atoms with E-state index in [-0.39, 0.29) is 11.9 Å². The van der Waals surface area contributed by atoms with Crippen LogP contribution < -0.4 is 10.6 Å². The molecule has 4 rings (SSSR count). The topological polar surface area (TPSA) is 70.7 Å². The zero-order valence-corrected chi connectivity index (χ0v) is 19.8. The van der Waals surface area contributed by atoms with Crippen LogP contribution in [0.1, 0.15) is 66.2 Å². The highest BCUT2D eigenvalue weighted by molar-refractivity contribution is 7.80. The fraction of sp³-hybridized carbons (Fsp3) is 0.423. The summed E-state index contributed by atoms with van der Waals surface area (Å²) in [6, 6.07) is 14.9. The van der Waals surface area contributed by atoms with E-state index in [9.17, 15) is 9.59 Å². The third-order valence-corrected chi connectivity index (χ3v) is 6.71. The largest absolute Gasteiger partial charge is 0.462 e. The summed E-state index contributed by atoms with van der Waals surface area (Å²) in [5.41, 5.74) is 2.57. The van der Waals surface area contributed by atoms with Gasteiger partial charge < -0.3 is 20.3 Å². The smallest absolute Gasteiger partial charge is 0.338 e. The molecular weight excluding hydrogens is 434 g/mol. The van der Waals surface area contributed by atoms with Gasteiger partial charge in [0.15, 0.2) is 5.11 Å². The molecule has 6 nitrogen and oxygen atoms in total. The van der Waals surface area contributed by atoms with Crippen molar-refractivity contribution < 1.29 is 14.3 Å². The number of thiocarbonyl (C=S) groups is 1. The molecule has 2 N–H and O–H groups in total. The lowest BCUT2D eigenvalue weighted by Crippen LogP contribution is -2.49. The van der Waals surface area contributed by atoms with Gasteiger partial charge >= 0.3 is 5.97 Å². The number of nitrogens with one attached hydrogen (secondary N) is 2. The van der Waals surface area contributed by atoms with Gasteiger partial charge in [0.25, 0.3) is 5.91 Å². The lowest BCUT2D eigenvalue weighted by molar-refractivity contribution is 0.0390. The van der Waals surface area contributed by atoms with Crippen molar-refractivity contribution in [3.8, 4) is 0 Å². The van der Waals surface area contributed by atoms with E-state index < -0.39 is 0 Å². The number of ether oxygens (including phenoxy) is 1. The summed E-state index contributed by atoms with van der Waals surface area (Å²) in [7, 11) is 0. The molecule has 0 bridgehead atoms. The van der Waals surface area contributed by atoms with Crippen LogP contribution in [-0.4, -0.2) is 41.1 Å². The van der Waals surface area contributed by atoms with E-state index in [1.807, 2.05) is 30.3 Å². The van der Waals surface area contributed by atoms with Crippen molar-refractivity contribution in [2.75, 3.05) is 23.8 Å². The molecule has 1 saturated heterocycles. The Kier molecular flexibility index (Phi) is 7.60. The van der Waals surface area contributed by atoms with E-state index in [1.165, 1.54) is 25.7 Å². The van der Waals surface area contributed by atoms with Crippen molar-refractivity contribution in [2.45, 2.75) is 51.5 Å². The first-order valence-corrected chi connectivity index (χ1v) is 12.2. The van der Waals surface area contributed by atoms with Gasteiger partial charge in [0.05, 0.1) is 12.2 Å². The Bertz CT molecular complexity index is 1020. The van der Waals surface area contributed by atoms with Gasteiger partial charge in [-0.15, -0.1) is 0 Å². The average Bonchev–Trinajstić information content (AvgIpc) is 2.83. The first-order valence-electron chi connectivity index (χ1n) is 11.8. The van der Waals surface area contributed by atoms with Crippen molar-refractivity contribution in [2.24, 2.45) is 5.92 Å². The normalized spacial score (nSPS) is 19.8. The number of carbonyl (C=O) groups is 2. The SMILES string of the molecule is CCOC(=O)c1cccc(NC(=S)Nc2cccc(C(=O)N3CCC[C@@H]4CCCC[C@@H]43)c2)c1. The van der Waals surface area contributed by atoms with Crippen LogP contribution in [0.2, 0.25) is 0 Å². The van der Waals surface area contributed by atoms with Gasteiger partial charge in [-0.2, -0.15) is 0 Å². The second-order valence-electron chi connectivity index (χ2n) is 8.71. The minimum atomic E-state index is -0.371. The molecule has 0 aromatic heterocycles. The second-order valence-corrected chi connectivity index (χ2v) is 9.12. The number of piperidine rings is 1. The highest BCUT2D eigenvalue weighted by atomic mass is 32.1. The maximum atomic E-state index is 13.3. The first-order chi connectivity index (χ1) is 16.0. The molecule has 33 heavy (non-hydrogen) atoms. The summed E-state index contributed by atoms with van der Waals surface area (Å²) in [5, 5.41) is 6.63. The van der Waals surface area contributed by atoms with Gasteiger partial charge in [-0.1, -0.05) is 25.0 Å². The summed E-state index contributed by atoms with van der Waals surface area (Å²) in [4.78, 5) is 27.4. The minimum Gasteiger partial charge on any atom is -0.462 e. The summed E-state index contributed by atoms with van der Waals surface area (Å²) < 4.78 is 5.05. The molecule has 2 atom stereocenters. The molecule has 2 aromatic rings. The summed E-state index contributed by atoms with van der Waals surface area (Å²) >= 11 is 5.45. The van der Waals surface area contributed by atoms with Gasteiger partial charge in [0, 0.05) is 29.5 Å². The number of anilines is 2. The van der Waals surface area contributed by atoms with Crippen molar-refractivity contribution in [3.05, 3.63) is 59.7 Å². The Morgan fingerprint density at radius 1 is 0.970 bits per heavy atom. The van der Waals surface area contributed by atoms with E-state index in [0.717, 1.165) is 25.1 Å². The van der Waals surface area contributed by atoms with E-state index in [1.54, 1.807) is 25.1 Å². The molecule has 0 unspecified atom stereocenters. The minimum absolute atomic E-state index is 0.108. The summed E-state index contributed by atoms with van der Waals surface area (Å²) in [6.45, 7) is 2.94. The molecule has 1 aliphatic heterocycles. The van der Waals surface area contributed by atoms with Gasteiger partial charge in [0.1, 0.15) is 0 Å². The number of amides is 1. The molecular formula is C26H31N3O3S. The molecule has 0 radical (unpaired) electrons. The first kappa shape index (κ1) is 23.2. The number of hydrogen-bond acceptors (Lipinski definition) is 4. The van der Waals surface area contributed by atoms with Crippen LogP contribution in [-0.2, 0) is 4.74 Å². The van der Waals surface area contributed by atoms with Crippen LogP contribution in [0.15, 0.2) is 48.5 Å². The van der Waals surface area contributed by atoms with Crippen LogP contribution >= 0.6 is 12.2 Å². The lowest BCUT2D eigenvalue weighted by atomic mass is 9.78. The number of nitrogens with zero attached hydrogens (tertiary/aromatic N) is 1. The Labute approximate surface area is 200 Å². The Balaban J connectivity index is 1.41. The zero-order chi connectivity index (χ0) is 23.2. The fourth-order valence-electron chi connectivity index (χ4n) is 5.00. The Morgan fingerprint density at radius 2 is 1.61 bits per heavy atom. The van der Waals surface area contributed by atoms with Gasteiger partial charge in [0.2, 0.25) is 0 Å². The number of carbonyl (C=O) groups excluding carboxylic acids is 2. The lowest BCUT2D eigenvalue weighted by Gasteiger charge is -2.44. The predicted molar refractivity (Wildman–Crippen MR) is 135 cm³/mol. The van der Waals surface area contributed by atoms with Crippen LogP contribution in [0, 0.1) is 5.92 Å². The molecule has 2 aliphatic rings. The van der Waals surface area contributed by atoms with Crippen LogP contribution in [0.4, 0.5) is 11.4 Å². The molecule has 0 spiro atoms. The van der Waals surface area contributed by atoms with Gasteiger partial charge in [-0.05, 0) is 87.1 Å². The van der Waals surface area contributed by atoms with Crippen molar-refractivity contribution >= 4 is 40.6 Å². The van der Waals surface area contributed by atoms with Gasteiger partial charge in [-0.3, -0.25) is 4.79 Å². The van der Waals surface area contributed by atoms with Crippen LogP contribution in [0.25, 0.3) is 0 Å². The Hall–Kier alpha value is -2.93. The zero-order valence-electron chi connectivity index (χ0n) is 19.0. The fourth-order valence-corrected chi connectivity index (χ4v) is 5.24. The standard InChI is InChI=1S/C26H31N3O3S/c1-2-32-25(31)20-10-6-13-22(17-20)28-26(33)27-21-12-5-9-19(16-21)24(30)29-15-7-11-18-8-3-4-14-23(18)29/h5-6,9-10,12-13,16-18,23H,2-4,7-8,11,14-15H2,1H3,(H2,27,28,33)/t18-,23-/m0/s1. The van der Waals surface area contributed by atoms with Crippen LogP contribution in [0.5, 0.6) is 0 Å². The number of fused-ring (bicyclic) bond motifs is 1. The highest BCUT2D eigenvalue weighted by Gasteiger charge is 2.35. The quantitative estimate of drug-likeness (QED) is 0.451. The predicted octanol–water partition coefficient (Wildman–Crippen LogP) is 5.47. The van der Waals surface area contributed by atoms with E-state index in [2.05, 4.69) is 15.5 Å². The third-order valence-electron chi connectivity index (χ3n) is 6.50. The van der Waals surface area contributed by atoms with Crippen LogP contribution in [0.3, 0.4) is 0 Å². The highest BCUT2D eigenvalue weighted by Crippen LogP contribution is 2.36. The second kappa shape index (κ2) is 10.8. The van der Waals surface area contributed by atoms with Crippen molar-refractivity contribution in [3.63, 3.8) is 0 Å². The number of benzene rings is 2. The summed E-state index contributed by atoms with van der Waals surface area (Å²) in [6.07, 6.45) is 7.19. The molecule has 2 aromatic carbocycles. The maximum Gasteiger partial charge on any atom is 0.338 e. The monoisotopic (exact) mass is 465 g/mol. The molecule has 1 heterocycles. The number of esters is 1. The molecule has 1 saturated carbocycles. The average molecular weight is 466 g/mol. The molecule has 2 fully saturated rings. The molecule has 7 heteroatoms. The molecule has 1 amide bonds. The Morgan fingerprint density at radius 3 is 2.33 bits per heavy atom. The third kappa shape index (κ3) is 5.71. The van der Waals surface area contributed by atoms with E-state index in [4.69, 9.17) is 17.0 Å². The van der Waals surface area contributed by atoms with E-state index >= 15 is 0 Å². The van der Waals surface area contributed by atoms with Crippen molar-refractivity contribution in [1.29, 1.82) is 0 Å². The number of hydrogen-bond donors (Lipinski definition) is 2. The number of rotatable bonds is 5. The van der Waals surface area contributed by atoms with E-state index in [0.29, 0.717) is 40.5 Å². The van der Waals surface area contributed by atoms with Crippen molar-refractivity contribution in [1.82, 2.24) is 4.90 Å². The summed E-state index contributed by atoms with van der Waals surface area (Å²) in [5.74, 6) is 0.389. The molecule has 174 valence electrons. The van der Waals surface area contributed by atoms with Gasteiger partial charge in [-0.25, -0.2) is 4.79 Å². The maximum absolute atomic E-state index is 13.3. The molecule has 1 aliphatic carbocycles. The number of likely N-dealkylation sites (tertiary alicyclic amines) is 1.